The zero-order valence-corrected chi connectivity index (χ0v) is 14.9. The minimum absolute atomic E-state index is 0.0493. The number of nitrogens with one attached hydrogen (secondary N) is 1. The molecule has 1 saturated heterocycles. The van der Waals surface area contributed by atoms with Crippen molar-refractivity contribution in [3.63, 3.8) is 0 Å². The minimum atomic E-state index is -0.0493. The first kappa shape index (κ1) is 17.6. The number of benzene rings is 1. The molecule has 2 aromatic rings. The van der Waals surface area contributed by atoms with Crippen LogP contribution in [0.4, 0.5) is 0 Å². The van der Waals surface area contributed by atoms with Crippen molar-refractivity contribution >= 4 is 5.91 Å². The molecule has 0 spiro atoms. The summed E-state index contributed by atoms with van der Waals surface area (Å²) in [6.07, 6.45) is 5.84. The predicted octanol–water partition coefficient (Wildman–Crippen LogP) is 2.09. The van der Waals surface area contributed by atoms with Crippen LogP contribution in [-0.4, -0.2) is 54.4 Å². The molecular formula is C19H26N4O2. The van der Waals surface area contributed by atoms with E-state index in [9.17, 15) is 4.79 Å². The van der Waals surface area contributed by atoms with E-state index in [1.54, 1.807) is 4.68 Å². The zero-order valence-electron chi connectivity index (χ0n) is 14.9. The fraction of sp³-hybridized carbons (Fsp3) is 0.474. The molecule has 1 aliphatic heterocycles. The lowest BCUT2D eigenvalue weighted by Crippen LogP contribution is -2.32. The average Bonchev–Trinajstić information content (AvgIpc) is 3.08. The quantitative estimate of drug-likeness (QED) is 0.873. The van der Waals surface area contributed by atoms with Crippen molar-refractivity contribution in [1.82, 2.24) is 20.0 Å². The van der Waals surface area contributed by atoms with Gasteiger partial charge in [0.05, 0.1) is 17.4 Å². The normalized spacial score (nSPS) is 15.5. The van der Waals surface area contributed by atoms with Gasteiger partial charge in [0, 0.05) is 38.1 Å². The number of para-hydroxylation sites is 1. The SMILES string of the molecule is CN(C)Cc1cnn(-c2ccccc2C(=O)NCC2CCOCC2)c1. The molecule has 0 saturated carbocycles. The Bertz CT molecular complexity index is 705. The van der Waals surface area contributed by atoms with Crippen LogP contribution in [0.3, 0.4) is 0 Å². The third-order valence-corrected chi connectivity index (χ3v) is 4.42. The summed E-state index contributed by atoms with van der Waals surface area (Å²) >= 11 is 0. The van der Waals surface area contributed by atoms with E-state index in [2.05, 4.69) is 15.3 Å². The summed E-state index contributed by atoms with van der Waals surface area (Å²) in [5.74, 6) is 0.452. The molecule has 1 aromatic heterocycles. The van der Waals surface area contributed by atoms with E-state index in [0.717, 1.165) is 43.9 Å². The third kappa shape index (κ3) is 4.67. The number of nitrogens with zero attached hydrogens (tertiary/aromatic N) is 3. The van der Waals surface area contributed by atoms with Gasteiger partial charge in [0.25, 0.3) is 5.91 Å². The largest absolute Gasteiger partial charge is 0.381 e. The lowest BCUT2D eigenvalue weighted by atomic mass is 10.0. The van der Waals surface area contributed by atoms with Crippen LogP contribution in [0.1, 0.15) is 28.8 Å². The molecule has 1 amide bonds. The fourth-order valence-corrected chi connectivity index (χ4v) is 3.09. The van der Waals surface area contributed by atoms with Crippen molar-refractivity contribution in [3.8, 4) is 5.69 Å². The summed E-state index contributed by atoms with van der Waals surface area (Å²) in [6.45, 7) is 3.09. The Labute approximate surface area is 148 Å². The van der Waals surface area contributed by atoms with Crippen molar-refractivity contribution < 1.29 is 9.53 Å². The van der Waals surface area contributed by atoms with Crippen LogP contribution < -0.4 is 5.32 Å². The van der Waals surface area contributed by atoms with Gasteiger partial charge in [-0.05, 0) is 45.0 Å². The van der Waals surface area contributed by atoms with E-state index in [-0.39, 0.29) is 5.91 Å². The first-order valence-corrected chi connectivity index (χ1v) is 8.77. The number of carbonyl (C=O) groups excluding carboxylic acids is 1. The van der Waals surface area contributed by atoms with Gasteiger partial charge in [-0.25, -0.2) is 4.68 Å². The number of hydrogen-bond donors (Lipinski definition) is 1. The smallest absolute Gasteiger partial charge is 0.253 e. The highest BCUT2D eigenvalue weighted by Crippen LogP contribution is 2.17. The topological polar surface area (TPSA) is 59.4 Å². The predicted molar refractivity (Wildman–Crippen MR) is 96.8 cm³/mol. The summed E-state index contributed by atoms with van der Waals surface area (Å²) in [4.78, 5) is 14.8. The van der Waals surface area contributed by atoms with Gasteiger partial charge in [-0.2, -0.15) is 5.10 Å². The first-order chi connectivity index (χ1) is 12.1. The second-order valence-corrected chi connectivity index (χ2v) is 6.81. The highest BCUT2D eigenvalue weighted by Gasteiger charge is 2.17. The van der Waals surface area contributed by atoms with Gasteiger partial charge in [-0.3, -0.25) is 4.79 Å². The molecule has 1 aromatic carbocycles. The van der Waals surface area contributed by atoms with Crippen LogP contribution in [0, 0.1) is 5.92 Å². The van der Waals surface area contributed by atoms with Gasteiger partial charge in [-0.1, -0.05) is 12.1 Å². The first-order valence-electron chi connectivity index (χ1n) is 8.77. The molecule has 134 valence electrons. The molecule has 0 unspecified atom stereocenters. The summed E-state index contributed by atoms with van der Waals surface area (Å²) in [5, 5.41) is 7.50. The molecule has 0 atom stereocenters. The van der Waals surface area contributed by atoms with Crippen molar-refractivity contribution in [2.24, 2.45) is 5.92 Å². The van der Waals surface area contributed by atoms with Crippen LogP contribution in [-0.2, 0) is 11.3 Å². The molecule has 1 fully saturated rings. The van der Waals surface area contributed by atoms with Crippen molar-refractivity contribution in [2.75, 3.05) is 33.9 Å². The molecule has 6 nitrogen and oxygen atoms in total. The summed E-state index contributed by atoms with van der Waals surface area (Å²) in [5.41, 5.74) is 2.56. The second-order valence-electron chi connectivity index (χ2n) is 6.81. The van der Waals surface area contributed by atoms with Gasteiger partial charge in [0.15, 0.2) is 0 Å². The van der Waals surface area contributed by atoms with Gasteiger partial charge in [-0.15, -0.1) is 0 Å². The molecule has 1 aliphatic rings. The standard InChI is InChI=1S/C19H26N4O2/c1-22(2)13-16-12-21-23(14-16)18-6-4-3-5-17(18)19(24)20-11-15-7-9-25-10-8-15/h3-6,12,14-15H,7-11,13H2,1-2H3,(H,20,24). The molecule has 0 aliphatic carbocycles. The number of amides is 1. The van der Waals surface area contributed by atoms with Crippen molar-refractivity contribution in [2.45, 2.75) is 19.4 Å². The Morgan fingerprint density at radius 1 is 1.32 bits per heavy atom. The Morgan fingerprint density at radius 3 is 2.84 bits per heavy atom. The highest BCUT2D eigenvalue weighted by molar-refractivity contribution is 5.97. The molecule has 1 N–H and O–H groups in total. The molecule has 25 heavy (non-hydrogen) atoms. The fourth-order valence-electron chi connectivity index (χ4n) is 3.09. The van der Waals surface area contributed by atoms with E-state index < -0.39 is 0 Å². The number of ether oxygens (including phenoxy) is 1. The Kier molecular flexibility index (Phi) is 5.83. The van der Waals surface area contributed by atoms with E-state index in [4.69, 9.17) is 4.74 Å². The second kappa shape index (κ2) is 8.27. The Balaban J connectivity index is 1.71. The number of hydrogen-bond acceptors (Lipinski definition) is 4. The summed E-state index contributed by atoms with van der Waals surface area (Å²) in [6, 6.07) is 7.59. The van der Waals surface area contributed by atoms with E-state index in [0.29, 0.717) is 18.0 Å². The lowest BCUT2D eigenvalue weighted by molar-refractivity contribution is 0.0642. The summed E-state index contributed by atoms with van der Waals surface area (Å²) in [7, 11) is 4.05. The zero-order chi connectivity index (χ0) is 17.6. The molecule has 0 radical (unpaired) electrons. The Morgan fingerprint density at radius 2 is 2.08 bits per heavy atom. The molecule has 6 heteroatoms. The number of rotatable bonds is 6. The monoisotopic (exact) mass is 342 g/mol. The van der Waals surface area contributed by atoms with Gasteiger partial charge in [0.1, 0.15) is 0 Å². The maximum Gasteiger partial charge on any atom is 0.253 e. The van der Waals surface area contributed by atoms with Gasteiger partial charge >= 0.3 is 0 Å². The van der Waals surface area contributed by atoms with Crippen LogP contribution in [0.25, 0.3) is 5.69 Å². The summed E-state index contributed by atoms with van der Waals surface area (Å²) < 4.78 is 7.15. The Hall–Kier alpha value is -2.18. The van der Waals surface area contributed by atoms with Crippen LogP contribution >= 0.6 is 0 Å². The minimum Gasteiger partial charge on any atom is -0.381 e. The highest BCUT2D eigenvalue weighted by atomic mass is 16.5. The van der Waals surface area contributed by atoms with Gasteiger partial charge < -0.3 is 15.0 Å². The van der Waals surface area contributed by atoms with Crippen LogP contribution in [0.5, 0.6) is 0 Å². The number of aromatic nitrogens is 2. The molecule has 3 rings (SSSR count). The third-order valence-electron chi connectivity index (χ3n) is 4.42. The van der Waals surface area contributed by atoms with E-state index >= 15 is 0 Å². The maximum absolute atomic E-state index is 12.7. The maximum atomic E-state index is 12.7. The molecular weight excluding hydrogens is 316 g/mol. The van der Waals surface area contributed by atoms with E-state index in [1.165, 1.54) is 0 Å². The van der Waals surface area contributed by atoms with Crippen molar-refractivity contribution in [1.29, 1.82) is 0 Å². The average molecular weight is 342 g/mol. The lowest BCUT2D eigenvalue weighted by Gasteiger charge is -2.22. The van der Waals surface area contributed by atoms with Crippen molar-refractivity contribution in [3.05, 3.63) is 47.8 Å². The molecule has 2 heterocycles. The van der Waals surface area contributed by atoms with Crippen LogP contribution in [0.2, 0.25) is 0 Å². The van der Waals surface area contributed by atoms with E-state index in [1.807, 2.05) is 50.8 Å². The van der Waals surface area contributed by atoms with Crippen LogP contribution in [0.15, 0.2) is 36.7 Å². The molecule has 0 bridgehead atoms. The van der Waals surface area contributed by atoms with Gasteiger partial charge in [0.2, 0.25) is 0 Å². The number of carbonyl (C=O) groups is 1.